The number of hydrogen-bond acceptors (Lipinski definition) is 5. The number of aliphatic hydroxyl groups is 3. The fourth-order valence-corrected chi connectivity index (χ4v) is 2.75. The Morgan fingerprint density at radius 2 is 1.35 bits per heavy atom. The lowest BCUT2D eigenvalue weighted by atomic mass is 10.0. The largest absolute Gasteiger partial charge is 0.388 e. The zero-order valence-corrected chi connectivity index (χ0v) is 17.0. The molecule has 4 atom stereocenters. The van der Waals surface area contributed by atoms with Crippen LogP contribution in [0.25, 0.3) is 0 Å². The van der Waals surface area contributed by atoms with Crippen LogP contribution in [0.2, 0.25) is 0 Å². The van der Waals surface area contributed by atoms with Gasteiger partial charge in [-0.1, -0.05) is 83.3 Å². The van der Waals surface area contributed by atoms with Gasteiger partial charge in [-0.3, -0.25) is 0 Å². The molecule has 156 valence electrons. The molecule has 0 aromatic rings. The topological polar surface area (TPSA) is 95.9 Å². The van der Waals surface area contributed by atoms with Gasteiger partial charge in [-0.2, -0.15) is 0 Å². The smallest absolute Gasteiger partial charge is 0.180 e. The first-order valence-corrected chi connectivity index (χ1v) is 10.6. The Balaban J connectivity index is 3.48. The maximum Gasteiger partial charge on any atom is 0.180 e. The summed E-state index contributed by atoms with van der Waals surface area (Å²) in [7, 11) is 0. The van der Waals surface area contributed by atoms with E-state index in [2.05, 4.69) is 6.92 Å². The number of aliphatic hydroxyl groups excluding tert-OH is 3. The summed E-state index contributed by atoms with van der Waals surface area (Å²) in [6, 6.07) is -0.614. The second kappa shape index (κ2) is 17.9. The van der Waals surface area contributed by atoms with E-state index in [0.29, 0.717) is 0 Å². The highest BCUT2D eigenvalue weighted by Crippen LogP contribution is 2.12. The third-order valence-electron chi connectivity index (χ3n) is 4.62. The molecular weight excluding hydrogens is 330 g/mol. The van der Waals surface area contributed by atoms with E-state index >= 15 is 0 Å². The Morgan fingerprint density at radius 3 is 1.85 bits per heavy atom. The minimum absolute atomic E-state index is 0.00395. The van der Waals surface area contributed by atoms with Crippen molar-refractivity contribution in [3.63, 3.8) is 0 Å². The van der Waals surface area contributed by atoms with Crippen molar-refractivity contribution in [2.24, 2.45) is 5.73 Å². The molecule has 0 bridgehead atoms. The van der Waals surface area contributed by atoms with Crippen LogP contribution < -0.4 is 5.73 Å². The van der Waals surface area contributed by atoms with Gasteiger partial charge in [0.25, 0.3) is 0 Å². The van der Waals surface area contributed by atoms with Crippen molar-refractivity contribution in [2.45, 2.75) is 115 Å². The molecule has 0 rings (SSSR count). The molecule has 5 heteroatoms. The standard InChI is InChI=1S/C21H43NO4/c1-3-4-5-6-7-8-9-10-11-12-13-14-15-16-20(24)19(22)17-26-21(25)18(2)23/h15-16,18-21,23-25H,3-14,17,22H2,1-2H3/b16-15+/t18-,19+,20-,21+/m0/s1. The molecule has 0 unspecified atom stereocenters. The van der Waals surface area contributed by atoms with Gasteiger partial charge in [0, 0.05) is 0 Å². The third kappa shape index (κ3) is 15.8. The molecule has 26 heavy (non-hydrogen) atoms. The first kappa shape index (κ1) is 25.5. The molecular formula is C21H43NO4. The van der Waals surface area contributed by atoms with Crippen LogP contribution in [0.3, 0.4) is 0 Å². The average Bonchev–Trinajstić information content (AvgIpc) is 2.62. The van der Waals surface area contributed by atoms with E-state index in [0.717, 1.165) is 12.8 Å². The molecule has 0 fully saturated rings. The van der Waals surface area contributed by atoms with Crippen molar-refractivity contribution in [1.29, 1.82) is 0 Å². The molecule has 0 amide bonds. The van der Waals surface area contributed by atoms with E-state index in [9.17, 15) is 10.2 Å². The summed E-state index contributed by atoms with van der Waals surface area (Å²) in [5, 5.41) is 28.4. The van der Waals surface area contributed by atoms with E-state index < -0.39 is 24.5 Å². The SMILES string of the molecule is CCCCCCCCCCCCC/C=C/[C@H](O)[C@H](N)CO[C@@H](O)[C@H](C)O. The highest BCUT2D eigenvalue weighted by atomic mass is 16.6. The van der Waals surface area contributed by atoms with E-state index in [4.69, 9.17) is 15.6 Å². The molecule has 0 aromatic heterocycles. The number of rotatable bonds is 18. The summed E-state index contributed by atoms with van der Waals surface area (Å²) in [5.41, 5.74) is 5.79. The average molecular weight is 374 g/mol. The minimum atomic E-state index is -1.27. The van der Waals surface area contributed by atoms with Crippen molar-refractivity contribution in [3.05, 3.63) is 12.2 Å². The van der Waals surface area contributed by atoms with Gasteiger partial charge in [0.2, 0.25) is 0 Å². The van der Waals surface area contributed by atoms with Crippen LogP contribution in [-0.4, -0.2) is 46.5 Å². The molecule has 0 aliphatic heterocycles. The van der Waals surface area contributed by atoms with Crippen LogP contribution in [0, 0.1) is 0 Å². The lowest BCUT2D eigenvalue weighted by molar-refractivity contribution is -0.161. The zero-order valence-electron chi connectivity index (χ0n) is 17.0. The number of hydrogen-bond donors (Lipinski definition) is 4. The van der Waals surface area contributed by atoms with Gasteiger partial charge in [-0.05, 0) is 19.8 Å². The molecule has 0 aliphatic carbocycles. The first-order valence-electron chi connectivity index (χ1n) is 10.6. The van der Waals surface area contributed by atoms with Gasteiger partial charge >= 0.3 is 0 Å². The second-order valence-electron chi connectivity index (χ2n) is 7.37. The van der Waals surface area contributed by atoms with Gasteiger partial charge in [0.1, 0.15) is 6.10 Å². The Labute approximate surface area is 160 Å². The molecule has 0 saturated heterocycles. The fourth-order valence-electron chi connectivity index (χ4n) is 2.75. The van der Waals surface area contributed by atoms with Crippen LogP contribution in [0.5, 0.6) is 0 Å². The molecule has 0 spiro atoms. The van der Waals surface area contributed by atoms with Crippen molar-refractivity contribution in [1.82, 2.24) is 0 Å². The Bertz CT molecular complexity index is 323. The van der Waals surface area contributed by atoms with Crippen LogP contribution >= 0.6 is 0 Å². The third-order valence-corrected chi connectivity index (χ3v) is 4.62. The van der Waals surface area contributed by atoms with Crippen molar-refractivity contribution in [3.8, 4) is 0 Å². The van der Waals surface area contributed by atoms with E-state index in [1.165, 1.54) is 71.1 Å². The van der Waals surface area contributed by atoms with E-state index in [1.807, 2.05) is 6.08 Å². The molecule has 0 heterocycles. The highest BCUT2D eigenvalue weighted by molar-refractivity contribution is 4.93. The van der Waals surface area contributed by atoms with Crippen LogP contribution in [-0.2, 0) is 4.74 Å². The lowest BCUT2D eigenvalue weighted by Gasteiger charge is -2.20. The van der Waals surface area contributed by atoms with Gasteiger partial charge in [0.15, 0.2) is 6.29 Å². The molecule has 5 nitrogen and oxygen atoms in total. The monoisotopic (exact) mass is 373 g/mol. The normalized spacial score (nSPS) is 16.7. The number of unbranched alkanes of at least 4 members (excludes halogenated alkanes) is 11. The van der Waals surface area contributed by atoms with Crippen LogP contribution in [0.15, 0.2) is 12.2 Å². The van der Waals surface area contributed by atoms with Crippen molar-refractivity contribution >= 4 is 0 Å². The molecule has 0 radical (unpaired) electrons. The zero-order chi connectivity index (χ0) is 19.6. The summed E-state index contributed by atoms with van der Waals surface area (Å²) in [6.45, 7) is 3.68. The Morgan fingerprint density at radius 1 is 0.846 bits per heavy atom. The van der Waals surface area contributed by atoms with Crippen molar-refractivity contribution in [2.75, 3.05) is 6.61 Å². The maximum absolute atomic E-state index is 9.91. The van der Waals surface area contributed by atoms with E-state index in [-0.39, 0.29) is 6.61 Å². The summed E-state index contributed by atoms with van der Waals surface area (Å²) in [6.07, 6.45) is 16.1. The van der Waals surface area contributed by atoms with Crippen molar-refractivity contribution < 1.29 is 20.1 Å². The maximum atomic E-state index is 9.91. The van der Waals surface area contributed by atoms with Gasteiger partial charge < -0.3 is 25.8 Å². The van der Waals surface area contributed by atoms with Gasteiger partial charge in [-0.15, -0.1) is 0 Å². The van der Waals surface area contributed by atoms with Gasteiger partial charge in [0.05, 0.1) is 18.8 Å². The van der Waals surface area contributed by atoms with E-state index in [1.54, 1.807) is 6.08 Å². The lowest BCUT2D eigenvalue weighted by Crippen LogP contribution is -2.40. The molecule has 5 N–H and O–H groups in total. The molecule has 0 aromatic carbocycles. The molecule has 0 saturated carbocycles. The van der Waals surface area contributed by atoms with Gasteiger partial charge in [-0.25, -0.2) is 0 Å². The predicted molar refractivity (Wildman–Crippen MR) is 108 cm³/mol. The minimum Gasteiger partial charge on any atom is -0.388 e. The fraction of sp³-hybridized carbons (Fsp3) is 0.905. The summed E-state index contributed by atoms with van der Waals surface area (Å²) in [4.78, 5) is 0. The first-order chi connectivity index (χ1) is 12.5. The summed E-state index contributed by atoms with van der Waals surface area (Å²) in [5.74, 6) is 0. The Hall–Kier alpha value is -0.460. The number of ether oxygens (including phenoxy) is 1. The molecule has 0 aliphatic rings. The summed E-state index contributed by atoms with van der Waals surface area (Å²) >= 11 is 0. The number of allylic oxidation sites excluding steroid dienone is 1. The second-order valence-corrected chi connectivity index (χ2v) is 7.37. The Kier molecular flexibility index (Phi) is 17.6. The summed E-state index contributed by atoms with van der Waals surface area (Å²) < 4.78 is 4.99. The van der Waals surface area contributed by atoms with Crippen LogP contribution in [0.4, 0.5) is 0 Å². The highest BCUT2D eigenvalue weighted by Gasteiger charge is 2.16. The number of nitrogens with two attached hydrogens (primary N) is 1. The predicted octanol–water partition coefficient (Wildman–Crippen LogP) is 3.65. The van der Waals surface area contributed by atoms with Crippen LogP contribution in [0.1, 0.15) is 90.9 Å². The quantitative estimate of drug-likeness (QED) is 0.167.